The van der Waals surface area contributed by atoms with Crippen LogP contribution in [-0.2, 0) is 6.61 Å². The molecule has 3 aromatic rings. The van der Waals surface area contributed by atoms with Gasteiger partial charge >= 0.3 is 5.97 Å². The predicted octanol–water partition coefficient (Wildman–Crippen LogP) is 5.81. The van der Waals surface area contributed by atoms with Gasteiger partial charge in [0, 0.05) is 10.6 Å². The van der Waals surface area contributed by atoms with Gasteiger partial charge in [-0.1, -0.05) is 35.9 Å². The lowest BCUT2D eigenvalue weighted by molar-refractivity contribution is 0.0690. The predicted molar refractivity (Wildman–Crippen MR) is 117 cm³/mol. The number of hydrogen-bond acceptors (Lipinski definition) is 4. The van der Waals surface area contributed by atoms with Crippen molar-refractivity contribution in [1.29, 1.82) is 0 Å². The maximum Gasteiger partial charge on any atom is 0.356 e. The molecule has 5 nitrogen and oxygen atoms in total. The van der Waals surface area contributed by atoms with E-state index in [-0.39, 0.29) is 5.69 Å². The summed E-state index contributed by atoms with van der Waals surface area (Å²) in [6, 6.07) is 13.7. The highest BCUT2D eigenvalue weighted by atomic mass is 35.5. The van der Waals surface area contributed by atoms with Crippen LogP contribution in [0.5, 0.6) is 5.75 Å². The molecule has 1 aromatic heterocycles. The molecule has 0 saturated heterocycles. The van der Waals surface area contributed by atoms with Gasteiger partial charge in [0.15, 0.2) is 5.69 Å². The first-order valence-corrected chi connectivity index (χ1v) is 10.2. The van der Waals surface area contributed by atoms with Crippen LogP contribution < -0.4 is 4.74 Å². The van der Waals surface area contributed by atoms with Crippen LogP contribution in [-0.4, -0.2) is 21.0 Å². The second-order valence-electron chi connectivity index (χ2n) is 7.26. The molecule has 0 amide bonds. The third kappa shape index (κ3) is 4.21. The second-order valence-corrected chi connectivity index (χ2v) is 7.70. The average molecular weight is 421 g/mol. The van der Waals surface area contributed by atoms with E-state index in [0.29, 0.717) is 17.3 Å². The van der Waals surface area contributed by atoms with E-state index >= 15 is 0 Å². The zero-order chi connectivity index (χ0) is 21.1. The standard InChI is InChI=1S/C24H21ClN2O3/c1-15-5-2-3-6-16(15)14-30-23-10-9-17(25)11-20(23)18-7-4-8-19(18)21-12-26-13-22(27-21)24(28)29/h2-3,5-6,9-13H,4,7-8,14H2,1H3,(H,28,29). The third-order valence-corrected chi connectivity index (χ3v) is 5.53. The van der Waals surface area contributed by atoms with Crippen LogP contribution in [0.3, 0.4) is 0 Å². The number of rotatable bonds is 6. The number of nitrogens with zero attached hydrogens (tertiary/aromatic N) is 2. The number of aryl methyl sites for hydroxylation is 1. The van der Waals surface area contributed by atoms with Crippen molar-refractivity contribution in [2.75, 3.05) is 0 Å². The normalized spacial score (nSPS) is 13.5. The molecule has 0 unspecified atom stereocenters. The first kappa shape index (κ1) is 20.1. The summed E-state index contributed by atoms with van der Waals surface area (Å²) < 4.78 is 6.19. The zero-order valence-electron chi connectivity index (χ0n) is 16.6. The number of carboxylic acids is 1. The van der Waals surface area contributed by atoms with Crippen molar-refractivity contribution in [3.05, 3.63) is 88.0 Å². The van der Waals surface area contributed by atoms with Crippen molar-refractivity contribution in [3.63, 3.8) is 0 Å². The first-order chi connectivity index (χ1) is 14.5. The molecule has 4 rings (SSSR count). The minimum atomic E-state index is -1.09. The van der Waals surface area contributed by atoms with Gasteiger partial charge in [-0.2, -0.15) is 0 Å². The van der Waals surface area contributed by atoms with Gasteiger partial charge in [-0.15, -0.1) is 0 Å². The Hall–Kier alpha value is -3.18. The SMILES string of the molecule is Cc1ccccc1COc1ccc(Cl)cc1C1=C(c2cncc(C(=O)O)n2)CCC1. The minimum absolute atomic E-state index is 0.0617. The van der Waals surface area contributed by atoms with E-state index < -0.39 is 5.97 Å². The molecular weight excluding hydrogens is 400 g/mol. The smallest absolute Gasteiger partial charge is 0.356 e. The van der Waals surface area contributed by atoms with Crippen molar-refractivity contribution < 1.29 is 14.6 Å². The summed E-state index contributed by atoms with van der Waals surface area (Å²) in [6.45, 7) is 2.52. The molecule has 0 aliphatic heterocycles. The van der Waals surface area contributed by atoms with E-state index in [0.717, 1.165) is 47.3 Å². The molecule has 1 heterocycles. The van der Waals surface area contributed by atoms with E-state index in [2.05, 4.69) is 29.0 Å². The molecule has 1 aliphatic carbocycles. The number of ether oxygens (including phenoxy) is 1. The zero-order valence-corrected chi connectivity index (χ0v) is 17.3. The number of allylic oxidation sites excluding steroid dienone is 2. The van der Waals surface area contributed by atoms with Gasteiger partial charge in [0.2, 0.25) is 0 Å². The van der Waals surface area contributed by atoms with E-state index in [1.54, 1.807) is 6.20 Å². The molecule has 0 spiro atoms. The third-order valence-electron chi connectivity index (χ3n) is 5.29. The number of carboxylic acid groups (broad SMARTS) is 1. The molecule has 0 saturated carbocycles. The summed E-state index contributed by atoms with van der Waals surface area (Å²) in [5.74, 6) is -0.339. The Bertz CT molecular complexity index is 1140. The Morgan fingerprint density at radius 3 is 2.73 bits per heavy atom. The van der Waals surface area contributed by atoms with Gasteiger partial charge in [-0.05, 0) is 66.7 Å². The Morgan fingerprint density at radius 2 is 1.93 bits per heavy atom. The molecule has 0 radical (unpaired) electrons. The molecule has 152 valence electrons. The molecule has 6 heteroatoms. The number of halogens is 1. The molecular formula is C24H21ClN2O3. The summed E-state index contributed by atoms with van der Waals surface area (Å²) >= 11 is 6.31. The van der Waals surface area contributed by atoms with Gasteiger partial charge in [0.1, 0.15) is 12.4 Å². The van der Waals surface area contributed by atoms with E-state index in [9.17, 15) is 9.90 Å². The van der Waals surface area contributed by atoms with Crippen LogP contribution in [0.2, 0.25) is 5.02 Å². The lowest BCUT2D eigenvalue weighted by Crippen LogP contribution is -2.04. The Morgan fingerprint density at radius 1 is 1.13 bits per heavy atom. The molecule has 0 atom stereocenters. The molecule has 30 heavy (non-hydrogen) atoms. The van der Waals surface area contributed by atoms with E-state index in [4.69, 9.17) is 16.3 Å². The van der Waals surface area contributed by atoms with Crippen LogP contribution in [0.15, 0.2) is 54.9 Å². The van der Waals surface area contributed by atoms with Crippen molar-refractivity contribution in [3.8, 4) is 5.75 Å². The van der Waals surface area contributed by atoms with Crippen LogP contribution in [0.1, 0.15) is 52.1 Å². The second kappa shape index (κ2) is 8.67. The highest BCUT2D eigenvalue weighted by Gasteiger charge is 2.23. The number of aromatic carboxylic acids is 1. The fraction of sp³-hybridized carbons (Fsp3) is 0.208. The van der Waals surface area contributed by atoms with Crippen molar-refractivity contribution in [2.45, 2.75) is 32.8 Å². The van der Waals surface area contributed by atoms with Crippen molar-refractivity contribution in [2.24, 2.45) is 0 Å². The lowest BCUT2D eigenvalue weighted by atomic mass is 9.99. The molecule has 1 N–H and O–H groups in total. The van der Waals surface area contributed by atoms with Crippen molar-refractivity contribution in [1.82, 2.24) is 9.97 Å². The summed E-state index contributed by atoms with van der Waals surface area (Å²) in [6.07, 6.45) is 5.47. The van der Waals surface area contributed by atoms with Crippen molar-refractivity contribution >= 4 is 28.7 Å². The molecule has 2 aromatic carbocycles. The monoisotopic (exact) mass is 420 g/mol. The average Bonchev–Trinajstić information content (AvgIpc) is 3.24. The number of carbonyl (C=O) groups is 1. The molecule has 0 bridgehead atoms. The first-order valence-electron chi connectivity index (χ1n) is 9.78. The van der Waals surface area contributed by atoms with Crippen LogP contribution in [0.4, 0.5) is 0 Å². The van der Waals surface area contributed by atoms with E-state index in [1.807, 2.05) is 30.3 Å². The topological polar surface area (TPSA) is 72.3 Å². The number of aromatic nitrogens is 2. The lowest BCUT2D eigenvalue weighted by Gasteiger charge is -2.15. The van der Waals surface area contributed by atoms with Gasteiger partial charge in [0.25, 0.3) is 0 Å². The molecule has 0 fully saturated rings. The fourth-order valence-corrected chi connectivity index (χ4v) is 3.90. The summed E-state index contributed by atoms with van der Waals surface area (Å²) in [7, 11) is 0. The summed E-state index contributed by atoms with van der Waals surface area (Å²) in [5.41, 5.74) is 5.82. The van der Waals surface area contributed by atoms with E-state index in [1.165, 1.54) is 11.8 Å². The minimum Gasteiger partial charge on any atom is -0.488 e. The van der Waals surface area contributed by atoms with Crippen LogP contribution in [0, 0.1) is 6.92 Å². The number of benzene rings is 2. The Kier molecular flexibility index (Phi) is 5.81. The largest absolute Gasteiger partial charge is 0.488 e. The van der Waals surface area contributed by atoms with Gasteiger partial charge in [-0.25, -0.2) is 9.78 Å². The number of hydrogen-bond donors (Lipinski definition) is 1. The van der Waals surface area contributed by atoms with Gasteiger partial charge < -0.3 is 9.84 Å². The Labute approximate surface area is 180 Å². The maximum absolute atomic E-state index is 11.3. The Balaban J connectivity index is 1.72. The van der Waals surface area contributed by atoms with Gasteiger partial charge in [-0.3, -0.25) is 4.98 Å². The molecule has 1 aliphatic rings. The van der Waals surface area contributed by atoms with Crippen LogP contribution in [0.25, 0.3) is 11.1 Å². The summed E-state index contributed by atoms with van der Waals surface area (Å²) in [4.78, 5) is 19.7. The highest BCUT2D eigenvalue weighted by Crippen LogP contribution is 2.43. The maximum atomic E-state index is 11.3. The summed E-state index contributed by atoms with van der Waals surface area (Å²) in [5, 5.41) is 9.88. The van der Waals surface area contributed by atoms with Gasteiger partial charge in [0.05, 0.1) is 18.1 Å². The fourth-order valence-electron chi connectivity index (χ4n) is 3.73. The van der Waals surface area contributed by atoms with Crippen LogP contribution >= 0.6 is 11.6 Å². The quantitative estimate of drug-likeness (QED) is 0.544. The highest BCUT2D eigenvalue weighted by molar-refractivity contribution is 6.30.